The molecule has 0 radical (unpaired) electrons. The number of rotatable bonds is 10. The van der Waals surface area contributed by atoms with Crippen molar-refractivity contribution in [1.82, 2.24) is 14.8 Å². The molecular weight excluding hydrogens is 470 g/mol. The summed E-state index contributed by atoms with van der Waals surface area (Å²) in [5.41, 5.74) is 2.67. The summed E-state index contributed by atoms with van der Waals surface area (Å²) < 4.78 is 7.44. The normalized spacial score (nSPS) is 10.9. The van der Waals surface area contributed by atoms with E-state index in [1.807, 2.05) is 65.2 Å². The largest absolute Gasteiger partial charge is 0.467 e. The van der Waals surface area contributed by atoms with E-state index in [4.69, 9.17) is 16.0 Å². The van der Waals surface area contributed by atoms with Gasteiger partial charge >= 0.3 is 0 Å². The molecule has 0 fully saturated rings. The molecule has 7 nitrogen and oxygen atoms in total. The Balaban J connectivity index is 1.47. The molecule has 1 N–H and O–H groups in total. The molecule has 0 aliphatic carbocycles. The van der Waals surface area contributed by atoms with Gasteiger partial charge in [0.15, 0.2) is 11.0 Å². The van der Waals surface area contributed by atoms with Crippen LogP contribution in [0.2, 0.25) is 5.02 Å². The van der Waals surface area contributed by atoms with E-state index in [9.17, 15) is 4.79 Å². The topological polar surface area (TPSA) is 76.2 Å². The van der Waals surface area contributed by atoms with Crippen molar-refractivity contribution in [3.63, 3.8) is 0 Å². The fourth-order valence-corrected chi connectivity index (χ4v) is 4.57. The molecule has 4 aromatic rings. The van der Waals surface area contributed by atoms with Crippen LogP contribution in [0, 0.1) is 0 Å². The Morgan fingerprint density at radius 1 is 1.06 bits per heavy atom. The number of amides is 1. The first kappa shape index (κ1) is 23.9. The van der Waals surface area contributed by atoms with Gasteiger partial charge in [0.05, 0.1) is 23.6 Å². The lowest BCUT2D eigenvalue weighted by molar-refractivity contribution is -0.113. The van der Waals surface area contributed by atoms with Gasteiger partial charge in [-0.15, -0.1) is 10.2 Å². The molecule has 4 rings (SSSR count). The highest BCUT2D eigenvalue weighted by atomic mass is 35.5. The Bertz CT molecular complexity index is 1220. The molecule has 34 heavy (non-hydrogen) atoms. The van der Waals surface area contributed by atoms with E-state index in [0.717, 1.165) is 35.8 Å². The molecule has 0 aliphatic heterocycles. The van der Waals surface area contributed by atoms with Crippen LogP contribution in [0.15, 0.2) is 76.5 Å². The Kier molecular flexibility index (Phi) is 7.92. The van der Waals surface area contributed by atoms with Gasteiger partial charge in [-0.25, -0.2) is 0 Å². The summed E-state index contributed by atoms with van der Waals surface area (Å²) in [5.74, 6) is 1.45. The van der Waals surface area contributed by atoms with Gasteiger partial charge < -0.3 is 14.6 Å². The maximum absolute atomic E-state index is 12.6. The number of thioether (sulfide) groups is 1. The average Bonchev–Trinajstić information content (AvgIpc) is 3.50. The van der Waals surface area contributed by atoms with Gasteiger partial charge in [0.25, 0.3) is 0 Å². The van der Waals surface area contributed by atoms with Crippen molar-refractivity contribution in [3.8, 4) is 11.4 Å². The van der Waals surface area contributed by atoms with Crippen LogP contribution in [-0.4, -0.2) is 39.5 Å². The van der Waals surface area contributed by atoms with Crippen LogP contribution in [0.4, 0.5) is 11.4 Å². The molecule has 2 aromatic carbocycles. The number of halogens is 1. The summed E-state index contributed by atoms with van der Waals surface area (Å²) in [5, 5.41) is 12.8. The van der Waals surface area contributed by atoms with Gasteiger partial charge in [-0.05, 0) is 62.4 Å². The van der Waals surface area contributed by atoms with Crippen molar-refractivity contribution in [2.45, 2.75) is 25.5 Å². The van der Waals surface area contributed by atoms with E-state index < -0.39 is 0 Å². The SMILES string of the molecule is CCN(CC)c1ccc(NC(=O)CSc2nnc(-c3ccccc3Cl)n2Cc2ccco2)cc1. The summed E-state index contributed by atoms with van der Waals surface area (Å²) in [6.07, 6.45) is 1.63. The monoisotopic (exact) mass is 495 g/mol. The third-order valence-corrected chi connectivity index (χ3v) is 6.63. The second-order valence-electron chi connectivity index (χ2n) is 7.51. The highest BCUT2D eigenvalue weighted by Crippen LogP contribution is 2.30. The van der Waals surface area contributed by atoms with Crippen LogP contribution in [0.3, 0.4) is 0 Å². The van der Waals surface area contributed by atoms with E-state index in [2.05, 4.69) is 34.3 Å². The maximum Gasteiger partial charge on any atom is 0.234 e. The van der Waals surface area contributed by atoms with Crippen molar-refractivity contribution in [1.29, 1.82) is 0 Å². The number of hydrogen-bond acceptors (Lipinski definition) is 6. The standard InChI is InChI=1S/C25H26ClN5O2S/c1-3-30(4-2)19-13-11-18(12-14-19)27-23(32)17-34-25-29-28-24(21-9-5-6-10-22(21)26)31(25)16-20-8-7-15-33-20/h5-15H,3-4,16-17H2,1-2H3,(H,27,32). The summed E-state index contributed by atoms with van der Waals surface area (Å²) in [6.45, 7) is 6.55. The minimum atomic E-state index is -0.118. The third kappa shape index (κ3) is 5.63. The molecule has 2 heterocycles. The molecule has 0 atom stereocenters. The first-order valence-corrected chi connectivity index (χ1v) is 12.4. The van der Waals surface area contributed by atoms with E-state index in [-0.39, 0.29) is 11.7 Å². The van der Waals surface area contributed by atoms with Gasteiger partial charge in [0, 0.05) is 30.0 Å². The number of anilines is 2. The van der Waals surface area contributed by atoms with E-state index in [0.29, 0.717) is 22.5 Å². The molecule has 1 amide bonds. The lowest BCUT2D eigenvalue weighted by Gasteiger charge is -2.21. The molecule has 9 heteroatoms. The summed E-state index contributed by atoms with van der Waals surface area (Å²) in [7, 11) is 0. The number of nitrogens with one attached hydrogen (secondary N) is 1. The lowest BCUT2D eigenvalue weighted by Crippen LogP contribution is -2.21. The Morgan fingerprint density at radius 3 is 2.50 bits per heavy atom. The average molecular weight is 496 g/mol. The molecular formula is C25H26ClN5O2S. The molecule has 0 aliphatic rings. The molecule has 0 saturated heterocycles. The molecule has 0 saturated carbocycles. The smallest absolute Gasteiger partial charge is 0.234 e. The van der Waals surface area contributed by atoms with Crippen LogP contribution in [0.25, 0.3) is 11.4 Å². The van der Waals surface area contributed by atoms with E-state index >= 15 is 0 Å². The van der Waals surface area contributed by atoms with Crippen LogP contribution in [0.1, 0.15) is 19.6 Å². The fourth-order valence-electron chi connectivity index (χ4n) is 3.61. The van der Waals surface area contributed by atoms with Crippen molar-refractivity contribution >= 4 is 40.6 Å². The number of hydrogen-bond donors (Lipinski definition) is 1. The molecule has 0 spiro atoms. The predicted molar refractivity (Wildman–Crippen MR) is 138 cm³/mol. The first-order valence-electron chi connectivity index (χ1n) is 11.1. The predicted octanol–water partition coefficient (Wildman–Crippen LogP) is 5.82. The van der Waals surface area contributed by atoms with Crippen molar-refractivity contribution in [3.05, 3.63) is 77.7 Å². The van der Waals surface area contributed by atoms with Gasteiger partial charge in [-0.2, -0.15) is 0 Å². The lowest BCUT2D eigenvalue weighted by atomic mass is 10.2. The molecule has 2 aromatic heterocycles. The zero-order valence-corrected chi connectivity index (χ0v) is 20.6. The van der Waals surface area contributed by atoms with Gasteiger partial charge in [-0.1, -0.05) is 35.5 Å². The van der Waals surface area contributed by atoms with Crippen molar-refractivity contribution in [2.24, 2.45) is 0 Å². The number of nitrogens with zero attached hydrogens (tertiary/aromatic N) is 4. The third-order valence-electron chi connectivity index (χ3n) is 5.34. The Morgan fingerprint density at radius 2 is 1.82 bits per heavy atom. The Hall–Kier alpha value is -3.23. The number of carbonyl (C=O) groups excluding carboxylic acids is 1. The molecule has 0 unspecified atom stereocenters. The van der Waals surface area contributed by atoms with Crippen LogP contribution in [0.5, 0.6) is 0 Å². The second-order valence-corrected chi connectivity index (χ2v) is 8.86. The van der Waals surface area contributed by atoms with E-state index in [1.54, 1.807) is 6.26 Å². The highest BCUT2D eigenvalue weighted by molar-refractivity contribution is 7.99. The van der Waals surface area contributed by atoms with Gasteiger partial charge in [-0.3, -0.25) is 9.36 Å². The number of furan rings is 1. The highest BCUT2D eigenvalue weighted by Gasteiger charge is 2.18. The van der Waals surface area contributed by atoms with Crippen molar-refractivity contribution < 1.29 is 9.21 Å². The number of aromatic nitrogens is 3. The van der Waals surface area contributed by atoms with Crippen LogP contribution >= 0.6 is 23.4 Å². The van der Waals surface area contributed by atoms with Gasteiger partial charge in [0.1, 0.15) is 5.76 Å². The quantitative estimate of drug-likeness (QED) is 0.279. The summed E-state index contributed by atoms with van der Waals surface area (Å²) in [4.78, 5) is 14.9. The summed E-state index contributed by atoms with van der Waals surface area (Å²) in [6, 6.07) is 19.1. The minimum Gasteiger partial charge on any atom is -0.467 e. The number of benzene rings is 2. The first-order chi connectivity index (χ1) is 16.6. The van der Waals surface area contributed by atoms with Gasteiger partial charge in [0.2, 0.25) is 5.91 Å². The summed E-state index contributed by atoms with van der Waals surface area (Å²) >= 11 is 7.73. The zero-order chi connectivity index (χ0) is 23.9. The fraction of sp³-hybridized carbons (Fsp3) is 0.240. The molecule has 0 bridgehead atoms. The van der Waals surface area contributed by atoms with Crippen LogP contribution < -0.4 is 10.2 Å². The maximum atomic E-state index is 12.6. The van der Waals surface area contributed by atoms with Crippen LogP contribution in [-0.2, 0) is 11.3 Å². The van der Waals surface area contributed by atoms with Crippen molar-refractivity contribution in [2.75, 3.05) is 29.1 Å². The van der Waals surface area contributed by atoms with E-state index in [1.165, 1.54) is 11.8 Å². The number of carbonyl (C=O) groups is 1. The second kappa shape index (κ2) is 11.3. The minimum absolute atomic E-state index is 0.118. The molecule has 176 valence electrons. The Labute approximate surface area is 208 Å². The zero-order valence-electron chi connectivity index (χ0n) is 19.1.